The summed E-state index contributed by atoms with van der Waals surface area (Å²) >= 11 is 6.01. The van der Waals surface area contributed by atoms with Crippen LogP contribution in [0.15, 0.2) is 23.1 Å². The number of ether oxygens (including phenoxy) is 1. The topological polar surface area (TPSA) is 81.4 Å². The smallest absolute Gasteiger partial charge is 0.240 e. The van der Waals surface area contributed by atoms with Crippen LogP contribution in [0.1, 0.15) is 32.1 Å². The Hall–Kier alpha value is -0.820. The highest BCUT2D eigenvalue weighted by Gasteiger charge is 2.27. The average Bonchev–Trinajstić information content (AvgIpc) is 2.53. The lowest BCUT2D eigenvalue weighted by Gasteiger charge is -2.29. The Kier molecular flexibility index (Phi) is 6.09. The number of nitrogens with two attached hydrogens (primary N) is 1. The van der Waals surface area contributed by atoms with Gasteiger partial charge in [-0.25, -0.2) is 13.1 Å². The fourth-order valence-electron chi connectivity index (χ4n) is 2.95. The Morgan fingerprint density at radius 2 is 2.05 bits per heavy atom. The maximum atomic E-state index is 12.5. The standard InChI is InChI=1S/C15H23ClN2O3S/c1-21-15-8-7-12(9-13(15)16)22(19,20)18-14(10-17)11-5-3-2-4-6-11/h7-9,11,14,18H,2-6,10,17H2,1H3. The zero-order chi connectivity index (χ0) is 16.2. The van der Waals surface area contributed by atoms with E-state index < -0.39 is 10.0 Å². The molecule has 7 heteroatoms. The van der Waals surface area contributed by atoms with E-state index in [4.69, 9.17) is 22.1 Å². The molecule has 1 aliphatic rings. The number of hydrogen-bond donors (Lipinski definition) is 2. The van der Waals surface area contributed by atoms with Crippen molar-refractivity contribution < 1.29 is 13.2 Å². The average molecular weight is 347 g/mol. The molecule has 2 rings (SSSR count). The minimum absolute atomic E-state index is 0.132. The fraction of sp³-hybridized carbons (Fsp3) is 0.600. The van der Waals surface area contributed by atoms with Crippen molar-refractivity contribution in [2.24, 2.45) is 11.7 Å². The second kappa shape index (κ2) is 7.64. The summed E-state index contributed by atoms with van der Waals surface area (Å²) in [6.45, 7) is 0.299. The van der Waals surface area contributed by atoms with Gasteiger partial charge in [-0.3, -0.25) is 0 Å². The van der Waals surface area contributed by atoms with Crippen molar-refractivity contribution in [3.63, 3.8) is 0 Å². The van der Waals surface area contributed by atoms with Gasteiger partial charge in [0.05, 0.1) is 17.0 Å². The minimum atomic E-state index is -3.64. The molecule has 0 aliphatic heterocycles. The van der Waals surface area contributed by atoms with E-state index in [2.05, 4.69) is 4.72 Å². The van der Waals surface area contributed by atoms with Crippen LogP contribution in [-0.2, 0) is 10.0 Å². The van der Waals surface area contributed by atoms with Gasteiger partial charge >= 0.3 is 0 Å². The van der Waals surface area contributed by atoms with Gasteiger partial charge < -0.3 is 10.5 Å². The molecule has 124 valence electrons. The van der Waals surface area contributed by atoms with E-state index in [0.29, 0.717) is 18.2 Å². The number of sulfonamides is 1. The van der Waals surface area contributed by atoms with Gasteiger partial charge in [-0.15, -0.1) is 0 Å². The molecule has 0 radical (unpaired) electrons. The molecular formula is C15H23ClN2O3S. The number of halogens is 1. The normalized spacial score (nSPS) is 18.1. The zero-order valence-corrected chi connectivity index (χ0v) is 14.3. The lowest BCUT2D eigenvalue weighted by molar-refractivity contribution is 0.294. The number of nitrogens with one attached hydrogen (secondary N) is 1. The van der Waals surface area contributed by atoms with Gasteiger partial charge in [0.2, 0.25) is 10.0 Å². The molecule has 0 amide bonds. The van der Waals surface area contributed by atoms with Crippen molar-refractivity contribution >= 4 is 21.6 Å². The molecule has 1 unspecified atom stereocenters. The Morgan fingerprint density at radius 1 is 1.36 bits per heavy atom. The maximum absolute atomic E-state index is 12.5. The minimum Gasteiger partial charge on any atom is -0.495 e. The molecule has 1 aromatic carbocycles. The van der Waals surface area contributed by atoms with Gasteiger partial charge in [-0.05, 0) is 37.0 Å². The molecule has 0 spiro atoms. The highest BCUT2D eigenvalue weighted by molar-refractivity contribution is 7.89. The van der Waals surface area contributed by atoms with Crippen LogP contribution in [0.5, 0.6) is 5.75 Å². The molecule has 3 N–H and O–H groups in total. The summed E-state index contributed by atoms with van der Waals surface area (Å²) in [6, 6.07) is 4.21. The van der Waals surface area contributed by atoms with E-state index in [1.807, 2.05) is 0 Å². The number of benzene rings is 1. The lowest BCUT2D eigenvalue weighted by atomic mass is 9.84. The summed E-state index contributed by atoms with van der Waals surface area (Å²) in [4.78, 5) is 0.132. The van der Waals surface area contributed by atoms with Gasteiger partial charge in [-0.2, -0.15) is 0 Å². The summed E-state index contributed by atoms with van der Waals surface area (Å²) in [5, 5.41) is 0.271. The van der Waals surface area contributed by atoms with Crippen LogP contribution in [0.25, 0.3) is 0 Å². The Morgan fingerprint density at radius 3 is 2.59 bits per heavy atom. The summed E-state index contributed by atoms with van der Waals surface area (Å²) < 4.78 is 32.8. The lowest BCUT2D eigenvalue weighted by Crippen LogP contribution is -2.45. The SMILES string of the molecule is COc1ccc(S(=O)(=O)NC(CN)C2CCCCC2)cc1Cl. The molecule has 1 saturated carbocycles. The summed E-state index contributed by atoms with van der Waals surface area (Å²) in [7, 11) is -2.15. The van der Waals surface area contributed by atoms with Crippen LogP contribution < -0.4 is 15.2 Å². The molecule has 0 saturated heterocycles. The third-order valence-corrected chi connectivity index (χ3v) is 6.00. The first kappa shape index (κ1) is 17.5. The van der Waals surface area contributed by atoms with E-state index in [-0.39, 0.29) is 16.0 Å². The molecule has 1 aliphatic carbocycles. The molecule has 1 atom stereocenters. The molecule has 0 bridgehead atoms. The summed E-state index contributed by atoms with van der Waals surface area (Å²) in [5.74, 6) is 0.755. The molecule has 1 aromatic rings. The van der Waals surface area contributed by atoms with E-state index in [1.54, 1.807) is 6.07 Å². The van der Waals surface area contributed by atoms with E-state index in [9.17, 15) is 8.42 Å². The number of methoxy groups -OCH3 is 1. The number of rotatable bonds is 6. The molecule has 0 aromatic heterocycles. The van der Waals surface area contributed by atoms with Crippen LogP contribution in [-0.4, -0.2) is 28.1 Å². The molecule has 1 fully saturated rings. The highest BCUT2D eigenvalue weighted by Crippen LogP contribution is 2.29. The Labute approximate surface area is 137 Å². The van der Waals surface area contributed by atoms with Crippen molar-refractivity contribution in [1.29, 1.82) is 0 Å². The first-order valence-corrected chi connectivity index (χ1v) is 9.40. The Balaban J connectivity index is 2.16. The van der Waals surface area contributed by atoms with Gasteiger partial charge in [0.25, 0.3) is 0 Å². The largest absolute Gasteiger partial charge is 0.495 e. The van der Waals surface area contributed by atoms with Crippen molar-refractivity contribution in [1.82, 2.24) is 4.72 Å². The van der Waals surface area contributed by atoms with Crippen LogP contribution in [0, 0.1) is 5.92 Å². The van der Waals surface area contributed by atoms with Crippen LogP contribution >= 0.6 is 11.6 Å². The third kappa shape index (κ3) is 4.13. The van der Waals surface area contributed by atoms with E-state index >= 15 is 0 Å². The van der Waals surface area contributed by atoms with E-state index in [0.717, 1.165) is 25.7 Å². The van der Waals surface area contributed by atoms with Gasteiger partial charge in [0, 0.05) is 12.6 Å². The molecule has 22 heavy (non-hydrogen) atoms. The first-order chi connectivity index (χ1) is 10.5. The first-order valence-electron chi connectivity index (χ1n) is 7.54. The van der Waals surface area contributed by atoms with Gasteiger partial charge in [-0.1, -0.05) is 30.9 Å². The zero-order valence-electron chi connectivity index (χ0n) is 12.7. The second-order valence-electron chi connectivity index (χ2n) is 5.66. The quantitative estimate of drug-likeness (QED) is 0.829. The van der Waals surface area contributed by atoms with Crippen LogP contribution in [0.4, 0.5) is 0 Å². The number of hydrogen-bond acceptors (Lipinski definition) is 4. The molecule has 5 nitrogen and oxygen atoms in total. The van der Waals surface area contributed by atoms with Crippen LogP contribution in [0.3, 0.4) is 0 Å². The van der Waals surface area contributed by atoms with Crippen molar-refractivity contribution in [2.75, 3.05) is 13.7 Å². The monoisotopic (exact) mass is 346 g/mol. The predicted molar refractivity (Wildman–Crippen MR) is 87.7 cm³/mol. The summed E-state index contributed by atoms with van der Waals surface area (Å²) in [6.07, 6.45) is 5.53. The maximum Gasteiger partial charge on any atom is 0.240 e. The van der Waals surface area contributed by atoms with Gasteiger partial charge in [0.1, 0.15) is 5.75 Å². The van der Waals surface area contributed by atoms with Gasteiger partial charge in [0.15, 0.2) is 0 Å². The second-order valence-corrected chi connectivity index (χ2v) is 7.78. The predicted octanol–water partition coefficient (Wildman–Crippen LogP) is 2.53. The molecule has 0 heterocycles. The highest BCUT2D eigenvalue weighted by atomic mass is 35.5. The van der Waals surface area contributed by atoms with Crippen molar-refractivity contribution in [3.8, 4) is 5.75 Å². The van der Waals surface area contributed by atoms with Crippen LogP contribution in [0.2, 0.25) is 5.02 Å². The van der Waals surface area contributed by atoms with E-state index in [1.165, 1.54) is 25.7 Å². The van der Waals surface area contributed by atoms with Crippen molar-refractivity contribution in [3.05, 3.63) is 23.2 Å². The third-order valence-electron chi connectivity index (χ3n) is 4.21. The molecular weight excluding hydrogens is 324 g/mol. The Bertz CT molecular complexity index is 601. The van der Waals surface area contributed by atoms with Crippen molar-refractivity contribution in [2.45, 2.75) is 43.0 Å². The fourth-order valence-corrected chi connectivity index (χ4v) is 4.62. The summed E-state index contributed by atoms with van der Waals surface area (Å²) in [5.41, 5.74) is 5.79.